The van der Waals surface area contributed by atoms with Gasteiger partial charge in [0, 0.05) is 5.54 Å². The number of aromatic nitrogens is 2. The Morgan fingerprint density at radius 3 is 2.71 bits per heavy atom. The maximum absolute atomic E-state index is 5.85. The lowest BCUT2D eigenvalue weighted by molar-refractivity contribution is 0.544. The van der Waals surface area contributed by atoms with E-state index < -0.39 is 0 Å². The van der Waals surface area contributed by atoms with E-state index in [1.807, 2.05) is 0 Å². The van der Waals surface area contributed by atoms with Crippen LogP contribution in [0.1, 0.15) is 27.2 Å². The van der Waals surface area contributed by atoms with Crippen molar-refractivity contribution in [2.45, 2.75) is 32.7 Å². The van der Waals surface area contributed by atoms with Crippen LogP contribution in [0, 0.1) is 0 Å². The lowest BCUT2D eigenvalue weighted by Gasteiger charge is -2.25. The molecule has 1 aromatic heterocycles. The van der Waals surface area contributed by atoms with Gasteiger partial charge in [0.2, 0.25) is 0 Å². The average Bonchev–Trinajstić information content (AvgIpc) is 2.13. The summed E-state index contributed by atoms with van der Waals surface area (Å²) in [7, 11) is 0. The van der Waals surface area contributed by atoms with Gasteiger partial charge in [0.1, 0.15) is 17.3 Å². The van der Waals surface area contributed by atoms with Crippen LogP contribution in [0.5, 0.6) is 0 Å². The van der Waals surface area contributed by atoms with Gasteiger partial charge < -0.3 is 5.32 Å². The van der Waals surface area contributed by atoms with E-state index in [4.69, 9.17) is 11.6 Å². The highest BCUT2D eigenvalue weighted by Crippen LogP contribution is 2.28. The molecule has 14 heavy (non-hydrogen) atoms. The van der Waals surface area contributed by atoms with E-state index >= 15 is 0 Å². The van der Waals surface area contributed by atoms with Crippen molar-refractivity contribution >= 4 is 33.3 Å². The summed E-state index contributed by atoms with van der Waals surface area (Å²) in [6.45, 7) is 6.33. The van der Waals surface area contributed by atoms with Crippen molar-refractivity contribution in [3.8, 4) is 0 Å². The molecule has 0 aliphatic rings. The number of hydrogen-bond donors (Lipinski definition) is 1. The first-order valence-electron chi connectivity index (χ1n) is 4.40. The van der Waals surface area contributed by atoms with Crippen molar-refractivity contribution in [2.75, 3.05) is 5.32 Å². The fraction of sp³-hybridized carbons (Fsp3) is 0.556. The van der Waals surface area contributed by atoms with E-state index in [1.165, 1.54) is 6.33 Å². The van der Waals surface area contributed by atoms with E-state index in [1.54, 1.807) is 0 Å². The van der Waals surface area contributed by atoms with Gasteiger partial charge in [0.25, 0.3) is 0 Å². The van der Waals surface area contributed by atoms with Crippen LogP contribution in [0.25, 0.3) is 0 Å². The van der Waals surface area contributed by atoms with Gasteiger partial charge in [-0.1, -0.05) is 18.5 Å². The molecule has 0 saturated heterocycles. The molecule has 1 N–H and O–H groups in total. The monoisotopic (exact) mass is 277 g/mol. The first-order valence-corrected chi connectivity index (χ1v) is 5.57. The van der Waals surface area contributed by atoms with Gasteiger partial charge in [0.15, 0.2) is 0 Å². The Hall–Kier alpha value is -0.350. The molecular weight excluding hydrogens is 265 g/mol. The zero-order valence-electron chi connectivity index (χ0n) is 8.43. The molecule has 1 aromatic rings. The molecule has 1 rings (SSSR count). The molecule has 5 heteroatoms. The Bertz CT molecular complexity index is 328. The Morgan fingerprint density at radius 1 is 1.50 bits per heavy atom. The van der Waals surface area contributed by atoms with E-state index in [0.717, 1.165) is 12.2 Å². The summed E-state index contributed by atoms with van der Waals surface area (Å²) < 4.78 is 0.711. The molecule has 0 atom stereocenters. The van der Waals surface area contributed by atoms with Crippen molar-refractivity contribution in [3.05, 3.63) is 16.0 Å². The van der Waals surface area contributed by atoms with Crippen molar-refractivity contribution in [2.24, 2.45) is 0 Å². The predicted molar refractivity (Wildman–Crippen MR) is 62.7 cm³/mol. The zero-order valence-corrected chi connectivity index (χ0v) is 10.8. The van der Waals surface area contributed by atoms with Crippen LogP contribution in [0.2, 0.25) is 5.15 Å². The Labute approximate surface area is 97.4 Å². The summed E-state index contributed by atoms with van der Waals surface area (Å²) in [5, 5.41) is 3.72. The molecule has 0 amide bonds. The second-order valence-corrected chi connectivity index (χ2v) is 4.84. The maximum Gasteiger partial charge on any atom is 0.148 e. The molecule has 0 aliphatic heterocycles. The third-order valence-electron chi connectivity index (χ3n) is 2.09. The van der Waals surface area contributed by atoms with Gasteiger partial charge in [0.05, 0.1) is 4.47 Å². The lowest BCUT2D eigenvalue weighted by Crippen LogP contribution is -2.30. The van der Waals surface area contributed by atoms with Crippen LogP contribution < -0.4 is 5.32 Å². The summed E-state index contributed by atoms with van der Waals surface area (Å²) >= 11 is 9.19. The summed E-state index contributed by atoms with van der Waals surface area (Å²) in [4.78, 5) is 7.98. The third-order valence-corrected chi connectivity index (χ3v) is 3.35. The highest BCUT2D eigenvalue weighted by Gasteiger charge is 2.17. The van der Waals surface area contributed by atoms with Crippen molar-refractivity contribution in [1.29, 1.82) is 0 Å². The normalized spacial score (nSPS) is 11.5. The van der Waals surface area contributed by atoms with Crippen molar-refractivity contribution in [1.82, 2.24) is 9.97 Å². The Morgan fingerprint density at radius 2 is 2.14 bits per heavy atom. The molecule has 0 saturated carbocycles. The third kappa shape index (κ3) is 2.82. The number of nitrogens with one attached hydrogen (secondary N) is 1. The number of anilines is 1. The summed E-state index contributed by atoms with van der Waals surface area (Å²) in [5.74, 6) is 0.733. The van der Waals surface area contributed by atoms with Crippen LogP contribution in [-0.4, -0.2) is 15.5 Å². The molecular formula is C9H13BrClN3. The topological polar surface area (TPSA) is 37.8 Å². The molecule has 0 radical (unpaired) electrons. The standard InChI is InChI=1S/C9H13BrClN3/c1-4-9(2,3)14-8-6(10)7(11)12-5-13-8/h5H,4H2,1-3H3,(H,12,13,14). The molecule has 0 aliphatic carbocycles. The summed E-state index contributed by atoms with van der Waals surface area (Å²) in [6, 6.07) is 0. The Kier molecular flexibility index (Phi) is 3.72. The predicted octanol–water partition coefficient (Wildman–Crippen LogP) is 3.49. The van der Waals surface area contributed by atoms with Gasteiger partial charge in [-0.25, -0.2) is 9.97 Å². The smallest absolute Gasteiger partial charge is 0.148 e. The first kappa shape index (κ1) is 11.7. The molecule has 3 nitrogen and oxygen atoms in total. The highest BCUT2D eigenvalue weighted by molar-refractivity contribution is 9.10. The minimum Gasteiger partial charge on any atom is -0.364 e. The fourth-order valence-electron chi connectivity index (χ4n) is 0.844. The lowest BCUT2D eigenvalue weighted by atomic mass is 10.0. The second kappa shape index (κ2) is 4.45. The van der Waals surface area contributed by atoms with E-state index in [9.17, 15) is 0 Å². The van der Waals surface area contributed by atoms with Gasteiger partial charge in [-0.15, -0.1) is 0 Å². The largest absolute Gasteiger partial charge is 0.364 e. The molecule has 78 valence electrons. The van der Waals surface area contributed by atoms with Crippen molar-refractivity contribution in [3.63, 3.8) is 0 Å². The van der Waals surface area contributed by atoms with Crippen LogP contribution in [-0.2, 0) is 0 Å². The van der Waals surface area contributed by atoms with E-state index in [2.05, 4.69) is 52.0 Å². The number of halogens is 2. The highest BCUT2D eigenvalue weighted by atomic mass is 79.9. The molecule has 0 spiro atoms. The zero-order chi connectivity index (χ0) is 10.8. The van der Waals surface area contributed by atoms with E-state index in [0.29, 0.717) is 9.63 Å². The maximum atomic E-state index is 5.85. The van der Waals surface area contributed by atoms with Gasteiger partial charge in [-0.05, 0) is 36.2 Å². The Balaban J connectivity index is 2.92. The number of hydrogen-bond acceptors (Lipinski definition) is 3. The average molecular weight is 279 g/mol. The SMILES string of the molecule is CCC(C)(C)Nc1ncnc(Cl)c1Br. The fourth-order valence-corrected chi connectivity index (χ4v) is 1.28. The molecule has 0 aromatic carbocycles. The van der Waals surface area contributed by atoms with Gasteiger partial charge in [-0.3, -0.25) is 0 Å². The van der Waals surface area contributed by atoms with Crippen molar-refractivity contribution < 1.29 is 0 Å². The minimum absolute atomic E-state index is 0.000201. The molecule has 1 heterocycles. The number of rotatable bonds is 3. The summed E-state index contributed by atoms with van der Waals surface area (Å²) in [5.41, 5.74) is 0.000201. The summed E-state index contributed by atoms with van der Waals surface area (Å²) in [6.07, 6.45) is 2.45. The quantitative estimate of drug-likeness (QED) is 0.860. The van der Waals surface area contributed by atoms with E-state index in [-0.39, 0.29) is 5.54 Å². The van der Waals surface area contributed by atoms with Gasteiger partial charge >= 0.3 is 0 Å². The number of nitrogens with zero attached hydrogens (tertiary/aromatic N) is 2. The first-order chi connectivity index (χ1) is 6.46. The van der Waals surface area contributed by atoms with Crippen LogP contribution >= 0.6 is 27.5 Å². The molecule has 0 unspecified atom stereocenters. The van der Waals surface area contributed by atoms with Crippen LogP contribution in [0.15, 0.2) is 10.8 Å². The van der Waals surface area contributed by atoms with Gasteiger partial charge in [-0.2, -0.15) is 0 Å². The minimum atomic E-state index is 0.000201. The molecule has 0 fully saturated rings. The van der Waals surface area contributed by atoms with Crippen LogP contribution in [0.4, 0.5) is 5.82 Å². The molecule has 0 bridgehead atoms. The van der Waals surface area contributed by atoms with Crippen LogP contribution in [0.3, 0.4) is 0 Å². The second-order valence-electron chi connectivity index (χ2n) is 3.69.